The lowest BCUT2D eigenvalue weighted by molar-refractivity contribution is -0.141. The second-order valence-corrected chi connectivity index (χ2v) is 15.8. The fourth-order valence-corrected chi connectivity index (χ4v) is 6.70. The van der Waals surface area contributed by atoms with Crippen molar-refractivity contribution < 1.29 is 36.0 Å². The van der Waals surface area contributed by atoms with E-state index in [1.165, 1.54) is 11.1 Å². The Morgan fingerprint density at radius 1 is 0.786 bits per heavy atom. The van der Waals surface area contributed by atoms with Gasteiger partial charge in [-0.2, -0.15) is 8.78 Å². The molecule has 0 N–H and O–H groups in total. The molecule has 0 saturated heterocycles. The molecule has 6 nitrogen and oxygen atoms in total. The van der Waals surface area contributed by atoms with Gasteiger partial charge in [0.05, 0.1) is 10.9 Å². The highest BCUT2D eigenvalue weighted by Crippen LogP contribution is 2.37. The summed E-state index contributed by atoms with van der Waals surface area (Å²) in [6.45, 7) is 13.9. The largest absolute Gasteiger partial charge is 0.743 e. The van der Waals surface area contributed by atoms with E-state index in [1.807, 2.05) is 12.1 Å². The van der Waals surface area contributed by atoms with Crippen LogP contribution in [0.15, 0.2) is 75.4 Å². The third-order valence-corrected chi connectivity index (χ3v) is 9.70. The minimum absolute atomic E-state index is 0.00699. The highest BCUT2D eigenvalue weighted by molar-refractivity contribution is 7.97. The van der Waals surface area contributed by atoms with Crippen LogP contribution in [0.3, 0.4) is 0 Å². The second-order valence-electron chi connectivity index (χ2n) is 12.3. The van der Waals surface area contributed by atoms with E-state index in [-0.39, 0.29) is 16.6 Å². The number of aryl methyl sites for hydroxylation is 2. The van der Waals surface area contributed by atoms with Gasteiger partial charge in [0.15, 0.2) is 24.8 Å². The normalized spacial score (nSPS) is 13.0. The van der Waals surface area contributed by atoms with Gasteiger partial charge in [0.25, 0.3) is 0 Å². The molecular weight excluding hydrogens is 582 g/mol. The summed E-state index contributed by atoms with van der Waals surface area (Å²) >= 11 is 0. The molecule has 0 saturated carbocycles. The Morgan fingerprint density at radius 2 is 1.19 bits per heavy atom. The Kier molecular flexibility index (Phi) is 9.99. The quantitative estimate of drug-likeness (QED) is 0.110. The second kappa shape index (κ2) is 12.4. The monoisotopic (exact) mass is 620 g/mol. The van der Waals surface area contributed by atoms with Gasteiger partial charge >= 0.3 is 11.2 Å². The number of carbonyl (C=O) groups is 1. The van der Waals surface area contributed by atoms with E-state index in [9.17, 15) is 26.5 Å². The molecule has 0 fully saturated rings. The molecule has 0 bridgehead atoms. The molecule has 3 aromatic carbocycles. The van der Waals surface area contributed by atoms with E-state index in [0.717, 1.165) is 14.7 Å². The maximum absolute atomic E-state index is 13.3. The minimum Gasteiger partial charge on any atom is -0.743 e. The van der Waals surface area contributed by atoms with Gasteiger partial charge in [-0.25, -0.2) is 13.2 Å². The van der Waals surface area contributed by atoms with Crippen LogP contribution in [-0.2, 0) is 41.4 Å². The van der Waals surface area contributed by atoms with Gasteiger partial charge in [0.1, 0.15) is 19.0 Å². The van der Waals surface area contributed by atoms with E-state index in [4.69, 9.17) is 4.74 Å². The number of carbonyl (C=O) groups excluding carboxylic acids is 1. The smallest absolute Gasteiger partial charge is 0.357 e. The molecule has 0 aliphatic heterocycles. The van der Waals surface area contributed by atoms with Crippen molar-refractivity contribution >= 4 is 27.0 Å². The van der Waals surface area contributed by atoms with Gasteiger partial charge in [0.2, 0.25) is 0 Å². The van der Waals surface area contributed by atoms with Gasteiger partial charge in [0, 0.05) is 12.1 Å². The highest BCUT2D eigenvalue weighted by atomic mass is 32.2. The Morgan fingerprint density at radius 3 is 1.55 bits per heavy atom. The number of hydrogen-bond acceptors (Lipinski definition) is 6. The number of hydrogen-bond donors (Lipinski definition) is 0. The Hall–Kier alpha value is -2.79. The number of rotatable bonds is 9. The number of esters is 1. The molecule has 0 atom stereocenters. The lowest BCUT2D eigenvalue weighted by Crippen LogP contribution is -2.35. The van der Waals surface area contributed by atoms with Crippen molar-refractivity contribution in [3.8, 4) is 5.75 Å². The molecule has 3 rings (SSSR count). The first-order chi connectivity index (χ1) is 19.2. The summed E-state index contributed by atoms with van der Waals surface area (Å²) in [5.74, 6) is -0.743. The SMILES string of the molecule is Cc1cc([S+](c2ccc(C(C)(C)C)cc2)c2ccc(C(C)(C)C)cc2)cc(C)c1OC(=O)COCC(F)(F)S(=O)(=O)[O-]. The average Bonchev–Trinajstić information content (AvgIpc) is 2.85. The highest BCUT2D eigenvalue weighted by Gasteiger charge is 2.38. The van der Waals surface area contributed by atoms with Crippen molar-refractivity contribution in [3.63, 3.8) is 0 Å². The van der Waals surface area contributed by atoms with Gasteiger partial charge in [-0.05, 0) is 71.2 Å². The van der Waals surface area contributed by atoms with Crippen LogP contribution in [0, 0.1) is 13.8 Å². The topological polar surface area (TPSA) is 92.7 Å². The summed E-state index contributed by atoms with van der Waals surface area (Å²) in [5.41, 5.74) is 3.77. The Labute approximate surface area is 250 Å². The van der Waals surface area contributed by atoms with E-state index in [0.29, 0.717) is 11.1 Å². The molecule has 0 unspecified atom stereocenters. The molecule has 10 heteroatoms. The van der Waals surface area contributed by atoms with Crippen molar-refractivity contribution in [3.05, 3.63) is 82.9 Å². The zero-order valence-electron chi connectivity index (χ0n) is 25.2. The van der Waals surface area contributed by atoms with Crippen LogP contribution >= 0.6 is 0 Å². The van der Waals surface area contributed by atoms with Crippen molar-refractivity contribution in [2.45, 2.75) is 86.2 Å². The summed E-state index contributed by atoms with van der Waals surface area (Å²) in [4.78, 5) is 15.6. The number of halogens is 2. The molecule has 228 valence electrons. The number of ether oxygens (including phenoxy) is 2. The van der Waals surface area contributed by atoms with Crippen molar-refractivity contribution in [1.29, 1.82) is 0 Å². The summed E-state index contributed by atoms with van der Waals surface area (Å²) < 4.78 is 68.4. The van der Waals surface area contributed by atoms with Crippen LogP contribution in [-0.4, -0.2) is 37.4 Å². The minimum atomic E-state index is -5.91. The van der Waals surface area contributed by atoms with Crippen LogP contribution in [0.4, 0.5) is 8.78 Å². The van der Waals surface area contributed by atoms with Gasteiger partial charge in [-0.15, -0.1) is 0 Å². The van der Waals surface area contributed by atoms with E-state index in [2.05, 4.69) is 94.8 Å². The summed E-state index contributed by atoms with van der Waals surface area (Å²) in [6.07, 6.45) is 0. The molecule has 0 spiro atoms. The van der Waals surface area contributed by atoms with Crippen molar-refractivity contribution in [2.75, 3.05) is 13.2 Å². The summed E-state index contributed by atoms with van der Waals surface area (Å²) in [5, 5.41) is -4.65. The molecular formula is C32H38F2O6S2. The Bertz CT molecular complexity index is 1440. The number of benzene rings is 3. The first kappa shape index (κ1) is 33.7. The third-order valence-electron chi connectivity index (χ3n) is 6.65. The molecule has 0 amide bonds. The molecule has 0 aliphatic rings. The van der Waals surface area contributed by atoms with E-state index in [1.54, 1.807) is 13.8 Å². The average molecular weight is 621 g/mol. The first-order valence-corrected chi connectivity index (χ1v) is 16.0. The molecule has 0 radical (unpaired) electrons. The predicted molar refractivity (Wildman–Crippen MR) is 159 cm³/mol. The van der Waals surface area contributed by atoms with Crippen LogP contribution in [0.25, 0.3) is 0 Å². The Balaban J connectivity index is 1.94. The van der Waals surface area contributed by atoms with E-state index < -0.39 is 45.5 Å². The lowest BCUT2D eigenvalue weighted by Gasteiger charge is -2.20. The molecule has 3 aromatic rings. The van der Waals surface area contributed by atoms with Crippen LogP contribution in [0.1, 0.15) is 63.8 Å². The van der Waals surface area contributed by atoms with Gasteiger partial charge < -0.3 is 14.0 Å². The summed E-state index contributed by atoms with van der Waals surface area (Å²) in [6, 6.07) is 21.1. The predicted octanol–water partition coefficient (Wildman–Crippen LogP) is 7.05. The summed E-state index contributed by atoms with van der Waals surface area (Å²) in [7, 11) is -6.40. The fraction of sp³-hybridized carbons (Fsp3) is 0.406. The third kappa shape index (κ3) is 8.18. The number of alkyl halides is 2. The maximum Gasteiger partial charge on any atom is 0.357 e. The van der Waals surface area contributed by atoms with Crippen molar-refractivity contribution in [1.82, 2.24) is 0 Å². The first-order valence-electron chi connectivity index (χ1n) is 13.4. The molecule has 0 heterocycles. The van der Waals surface area contributed by atoms with Crippen LogP contribution in [0.2, 0.25) is 0 Å². The fourth-order valence-electron chi connectivity index (χ4n) is 4.25. The van der Waals surface area contributed by atoms with Crippen LogP contribution < -0.4 is 4.74 Å². The lowest BCUT2D eigenvalue weighted by atomic mass is 9.87. The molecule has 42 heavy (non-hydrogen) atoms. The van der Waals surface area contributed by atoms with Crippen molar-refractivity contribution in [2.24, 2.45) is 0 Å². The standard InChI is InChI=1S/C32H38F2O6S2/c1-21-17-27(18-22(2)29(21)40-28(35)19-39-20-32(33,34)42(36,37)38)41(25-13-9-23(10-14-25)30(3,4)5)26-15-11-24(12-16-26)31(6,7)8/h9-18H,19-20H2,1-8H3. The van der Waals surface area contributed by atoms with Crippen LogP contribution in [0.5, 0.6) is 5.75 Å². The van der Waals surface area contributed by atoms with Gasteiger partial charge in [-0.1, -0.05) is 65.8 Å². The van der Waals surface area contributed by atoms with E-state index >= 15 is 0 Å². The maximum atomic E-state index is 13.3. The zero-order chi connectivity index (χ0) is 31.7. The van der Waals surface area contributed by atoms with Gasteiger partial charge in [-0.3, -0.25) is 0 Å². The molecule has 0 aromatic heterocycles. The molecule has 0 aliphatic carbocycles. The zero-order valence-corrected chi connectivity index (χ0v) is 26.8.